The molecule has 3 heterocycles. The van der Waals surface area contributed by atoms with E-state index in [-0.39, 0.29) is 0 Å². The molecule has 0 amide bonds. The maximum Gasteiger partial charge on any atom is 0.212 e. The fraction of sp³-hybridized carbons (Fsp3) is 0. The van der Waals surface area contributed by atoms with E-state index >= 15 is 0 Å². The van der Waals surface area contributed by atoms with Crippen LogP contribution in [0, 0.1) is 0 Å². The molecule has 5 rings (SSSR count). The molecule has 0 fully saturated rings. The van der Waals surface area contributed by atoms with Gasteiger partial charge in [-0.25, -0.2) is 9.67 Å². The molecule has 5 aromatic rings. The van der Waals surface area contributed by atoms with Crippen molar-refractivity contribution in [3.63, 3.8) is 0 Å². The van der Waals surface area contributed by atoms with Crippen molar-refractivity contribution in [1.29, 1.82) is 0 Å². The molecule has 154 valence electrons. The SMILES string of the molecule is Clc1ccc(Sc2sc(-n3nccc3-c3cccs3)nc2-c2ccc(Cl)cc2Cl)cc1. The van der Waals surface area contributed by atoms with E-state index in [0.29, 0.717) is 15.1 Å². The highest BCUT2D eigenvalue weighted by atomic mass is 35.5. The Balaban J connectivity index is 1.64. The maximum absolute atomic E-state index is 6.54. The Morgan fingerprint density at radius 3 is 2.45 bits per heavy atom. The number of nitrogens with zero attached hydrogens (tertiary/aromatic N) is 3. The molecule has 0 aliphatic heterocycles. The van der Waals surface area contributed by atoms with Crippen molar-refractivity contribution in [3.8, 4) is 27.0 Å². The second-order valence-electron chi connectivity index (χ2n) is 6.42. The first-order valence-corrected chi connectivity index (χ1v) is 12.7. The van der Waals surface area contributed by atoms with Crippen LogP contribution in [0.3, 0.4) is 0 Å². The van der Waals surface area contributed by atoms with Crippen LogP contribution in [0.4, 0.5) is 0 Å². The summed E-state index contributed by atoms with van der Waals surface area (Å²) in [7, 11) is 0. The quantitative estimate of drug-likeness (QED) is 0.232. The van der Waals surface area contributed by atoms with Crippen LogP contribution in [0.2, 0.25) is 15.1 Å². The minimum atomic E-state index is 0.557. The zero-order chi connectivity index (χ0) is 21.4. The van der Waals surface area contributed by atoms with E-state index in [4.69, 9.17) is 39.8 Å². The topological polar surface area (TPSA) is 30.7 Å². The van der Waals surface area contributed by atoms with Crippen LogP contribution >= 0.6 is 69.2 Å². The van der Waals surface area contributed by atoms with E-state index in [1.54, 1.807) is 46.7 Å². The van der Waals surface area contributed by atoms with Crippen LogP contribution in [0.25, 0.3) is 27.0 Å². The smallest absolute Gasteiger partial charge is 0.212 e. The van der Waals surface area contributed by atoms with Gasteiger partial charge in [-0.15, -0.1) is 11.3 Å². The lowest BCUT2D eigenvalue weighted by atomic mass is 10.2. The van der Waals surface area contributed by atoms with Crippen molar-refractivity contribution in [2.75, 3.05) is 0 Å². The first kappa shape index (κ1) is 21.1. The molecule has 0 N–H and O–H groups in total. The number of rotatable bonds is 5. The lowest BCUT2D eigenvalue weighted by Gasteiger charge is -2.05. The van der Waals surface area contributed by atoms with E-state index in [2.05, 4.69) is 16.5 Å². The van der Waals surface area contributed by atoms with Gasteiger partial charge in [0.05, 0.1) is 31.7 Å². The van der Waals surface area contributed by atoms with Crippen molar-refractivity contribution >= 4 is 69.2 Å². The fourth-order valence-electron chi connectivity index (χ4n) is 2.98. The van der Waals surface area contributed by atoms with Crippen molar-refractivity contribution in [1.82, 2.24) is 14.8 Å². The zero-order valence-electron chi connectivity index (χ0n) is 15.6. The van der Waals surface area contributed by atoms with Gasteiger partial charge in [0.15, 0.2) is 0 Å². The fourth-order valence-corrected chi connectivity index (χ4v) is 6.55. The third-order valence-electron chi connectivity index (χ3n) is 4.39. The first-order chi connectivity index (χ1) is 15.1. The highest BCUT2D eigenvalue weighted by molar-refractivity contribution is 8.01. The standard InChI is InChI=1S/C22H12Cl3N3S3/c23-13-3-6-15(7-4-13)30-21-20(16-8-5-14(24)12-17(16)25)27-22(31-21)28-18(9-10-26-28)19-2-1-11-29-19/h1-12H. The van der Waals surface area contributed by atoms with Crippen molar-refractivity contribution < 1.29 is 0 Å². The number of thiazole rings is 1. The average molecular weight is 521 g/mol. The van der Waals surface area contributed by atoms with E-state index in [1.807, 2.05) is 53.2 Å². The number of hydrogen-bond acceptors (Lipinski definition) is 5. The summed E-state index contributed by atoms with van der Waals surface area (Å²) in [5.41, 5.74) is 2.63. The third-order valence-corrected chi connectivity index (χ3v) is 8.30. The molecule has 0 unspecified atom stereocenters. The van der Waals surface area contributed by atoms with E-state index in [9.17, 15) is 0 Å². The van der Waals surface area contributed by atoms with Gasteiger partial charge in [-0.1, -0.05) is 64.0 Å². The number of hydrogen-bond donors (Lipinski definition) is 0. The molecule has 0 atom stereocenters. The van der Waals surface area contributed by atoms with Crippen LogP contribution in [0.15, 0.2) is 81.3 Å². The molecule has 0 radical (unpaired) electrons. The van der Waals surface area contributed by atoms with Crippen LogP contribution < -0.4 is 0 Å². The minimum Gasteiger partial charge on any atom is -0.217 e. The summed E-state index contributed by atoms with van der Waals surface area (Å²) in [6.07, 6.45) is 1.79. The molecule has 3 aromatic heterocycles. The number of halogens is 3. The third kappa shape index (κ3) is 4.42. The Morgan fingerprint density at radius 1 is 0.903 bits per heavy atom. The van der Waals surface area contributed by atoms with Gasteiger partial charge in [-0.05, 0) is 60.0 Å². The monoisotopic (exact) mass is 519 g/mol. The Labute approximate surface area is 206 Å². The van der Waals surface area contributed by atoms with Crippen molar-refractivity contribution in [3.05, 3.63) is 87.3 Å². The lowest BCUT2D eigenvalue weighted by molar-refractivity contribution is 0.879. The molecule has 31 heavy (non-hydrogen) atoms. The predicted octanol–water partition coefficient (Wildman–Crippen LogP) is 8.84. The number of benzene rings is 2. The average Bonchev–Trinajstić information content (AvgIpc) is 3.50. The van der Waals surface area contributed by atoms with Gasteiger partial charge in [0.1, 0.15) is 0 Å². The van der Waals surface area contributed by atoms with Crippen LogP contribution in [-0.4, -0.2) is 14.8 Å². The predicted molar refractivity (Wildman–Crippen MR) is 134 cm³/mol. The van der Waals surface area contributed by atoms with E-state index < -0.39 is 0 Å². The van der Waals surface area contributed by atoms with E-state index in [0.717, 1.165) is 36.1 Å². The van der Waals surface area contributed by atoms with Crippen molar-refractivity contribution in [2.24, 2.45) is 0 Å². The maximum atomic E-state index is 6.54. The molecular weight excluding hydrogens is 509 g/mol. The molecule has 2 aromatic carbocycles. The molecule has 0 aliphatic rings. The van der Waals surface area contributed by atoms with Gasteiger partial charge in [0, 0.05) is 20.5 Å². The Hall–Kier alpha value is -1.80. The summed E-state index contributed by atoms with van der Waals surface area (Å²) in [4.78, 5) is 7.14. The molecule has 0 aliphatic carbocycles. The van der Waals surface area contributed by atoms with E-state index in [1.165, 1.54) is 0 Å². The normalized spacial score (nSPS) is 11.2. The van der Waals surface area contributed by atoms with Gasteiger partial charge in [-0.3, -0.25) is 0 Å². The Bertz CT molecular complexity index is 1340. The lowest BCUT2D eigenvalue weighted by Crippen LogP contribution is -1.97. The summed E-state index contributed by atoms with van der Waals surface area (Å²) in [5.74, 6) is 0. The van der Waals surface area contributed by atoms with Crippen LogP contribution in [0.1, 0.15) is 0 Å². The highest BCUT2D eigenvalue weighted by Crippen LogP contribution is 2.44. The molecular formula is C22H12Cl3N3S3. The largest absolute Gasteiger partial charge is 0.217 e. The van der Waals surface area contributed by atoms with Gasteiger partial charge in [0.25, 0.3) is 0 Å². The zero-order valence-corrected chi connectivity index (χ0v) is 20.3. The summed E-state index contributed by atoms with van der Waals surface area (Å²) >= 11 is 23.6. The second kappa shape index (κ2) is 8.98. The number of aromatic nitrogens is 3. The van der Waals surface area contributed by atoms with Gasteiger partial charge in [-0.2, -0.15) is 5.10 Å². The molecule has 0 saturated carbocycles. The van der Waals surface area contributed by atoms with Gasteiger partial charge >= 0.3 is 0 Å². The molecule has 9 heteroatoms. The van der Waals surface area contributed by atoms with Gasteiger partial charge < -0.3 is 0 Å². The Morgan fingerprint density at radius 2 is 1.71 bits per heavy atom. The van der Waals surface area contributed by atoms with Crippen LogP contribution in [0.5, 0.6) is 0 Å². The van der Waals surface area contributed by atoms with Crippen LogP contribution in [-0.2, 0) is 0 Å². The molecule has 0 saturated heterocycles. The summed E-state index contributed by atoms with van der Waals surface area (Å²) in [6.45, 7) is 0. The molecule has 0 spiro atoms. The summed E-state index contributed by atoms with van der Waals surface area (Å²) in [5, 5.41) is 9.20. The summed E-state index contributed by atoms with van der Waals surface area (Å²) < 4.78 is 2.88. The first-order valence-electron chi connectivity index (χ1n) is 9.06. The summed E-state index contributed by atoms with van der Waals surface area (Å²) in [6, 6.07) is 19.3. The number of thiophene rings is 1. The molecule has 3 nitrogen and oxygen atoms in total. The minimum absolute atomic E-state index is 0.557. The van der Waals surface area contributed by atoms with Crippen molar-refractivity contribution in [2.45, 2.75) is 9.10 Å². The molecule has 0 bridgehead atoms. The second-order valence-corrected chi connectivity index (χ2v) is 11.0. The Kier molecular flexibility index (Phi) is 6.10. The highest BCUT2D eigenvalue weighted by Gasteiger charge is 2.20. The van der Waals surface area contributed by atoms with Gasteiger partial charge in [0.2, 0.25) is 5.13 Å².